The number of halogens is 2. The maximum Gasteiger partial charge on any atom is 0.300 e. The summed E-state index contributed by atoms with van der Waals surface area (Å²) in [5.74, 6) is -1.82. The molecule has 0 saturated carbocycles. The predicted molar refractivity (Wildman–Crippen MR) is 112 cm³/mol. The molecule has 4 rings (SSSR count). The molecule has 1 N–H and O–H groups in total. The van der Waals surface area contributed by atoms with E-state index in [1.807, 2.05) is 6.07 Å². The third-order valence-corrected chi connectivity index (χ3v) is 5.43. The Balaban J connectivity index is 1.95. The second-order valence-corrected chi connectivity index (χ2v) is 7.23. The molecule has 0 spiro atoms. The fourth-order valence-corrected chi connectivity index (χ4v) is 3.65. The minimum Gasteiger partial charge on any atom is -0.507 e. The van der Waals surface area contributed by atoms with Crippen LogP contribution in [0.4, 0.5) is 5.69 Å². The number of benzene rings is 2. The molecule has 1 aromatic heterocycles. The fourth-order valence-electron chi connectivity index (χ4n) is 3.35. The van der Waals surface area contributed by atoms with Gasteiger partial charge in [-0.2, -0.15) is 0 Å². The molecule has 7 heteroatoms. The van der Waals surface area contributed by atoms with Crippen molar-refractivity contribution in [3.8, 4) is 0 Å². The Morgan fingerprint density at radius 1 is 0.931 bits per heavy atom. The van der Waals surface area contributed by atoms with Gasteiger partial charge in [-0.25, -0.2) is 0 Å². The summed E-state index contributed by atoms with van der Waals surface area (Å²) in [6.45, 7) is 0. The third kappa shape index (κ3) is 3.39. The largest absolute Gasteiger partial charge is 0.507 e. The first-order chi connectivity index (χ1) is 14.0. The minimum atomic E-state index is -0.810. The van der Waals surface area contributed by atoms with Crippen LogP contribution in [-0.4, -0.2) is 21.8 Å². The molecule has 5 nitrogen and oxygen atoms in total. The SMILES string of the molecule is O=C1C(=O)N(c2ccccc2)C(c2ccncc2)/C1=C(/O)c1ccc(Cl)c(Cl)c1. The van der Waals surface area contributed by atoms with Gasteiger partial charge in [-0.05, 0) is 48.0 Å². The molecule has 0 aliphatic carbocycles. The molecular weight excluding hydrogens is 411 g/mol. The highest BCUT2D eigenvalue weighted by atomic mass is 35.5. The van der Waals surface area contributed by atoms with E-state index >= 15 is 0 Å². The van der Waals surface area contributed by atoms with Gasteiger partial charge in [0.25, 0.3) is 11.7 Å². The Kier molecular flexibility index (Phi) is 5.09. The lowest BCUT2D eigenvalue weighted by Crippen LogP contribution is -2.29. The number of ketones is 1. The zero-order valence-electron chi connectivity index (χ0n) is 14.9. The normalized spacial score (nSPS) is 18.3. The number of hydrogen-bond donors (Lipinski definition) is 1. The number of aliphatic hydroxyl groups excluding tert-OH is 1. The van der Waals surface area contributed by atoms with Crippen molar-refractivity contribution in [3.05, 3.63) is 99.8 Å². The summed E-state index contributed by atoms with van der Waals surface area (Å²) < 4.78 is 0. The van der Waals surface area contributed by atoms with Crippen molar-refractivity contribution in [2.75, 3.05) is 4.90 Å². The fraction of sp³-hybridized carbons (Fsp3) is 0.0455. The summed E-state index contributed by atoms with van der Waals surface area (Å²) in [6.07, 6.45) is 3.14. The van der Waals surface area contributed by atoms with E-state index in [0.29, 0.717) is 21.8 Å². The van der Waals surface area contributed by atoms with Gasteiger partial charge in [0.1, 0.15) is 5.76 Å². The highest BCUT2D eigenvalue weighted by Crippen LogP contribution is 2.42. The number of carbonyl (C=O) groups is 2. The van der Waals surface area contributed by atoms with Crippen LogP contribution < -0.4 is 4.90 Å². The molecule has 1 saturated heterocycles. The predicted octanol–water partition coefficient (Wildman–Crippen LogP) is 5.01. The first-order valence-electron chi connectivity index (χ1n) is 8.70. The van der Waals surface area contributed by atoms with Crippen LogP contribution in [0.25, 0.3) is 5.76 Å². The van der Waals surface area contributed by atoms with Crippen LogP contribution in [0.5, 0.6) is 0 Å². The van der Waals surface area contributed by atoms with Crippen molar-refractivity contribution in [3.63, 3.8) is 0 Å². The number of amides is 1. The summed E-state index contributed by atoms with van der Waals surface area (Å²) in [4.78, 5) is 31.3. The number of rotatable bonds is 3. The van der Waals surface area contributed by atoms with Gasteiger partial charge in [-0.1, -0.05) is 41.4 Å². The van der Waals surface area contributed by atoms with Crippen LogP contribution in [0.2, 0.25) is 10.0 Å². The molecule has 1 aliphatic rings. The van der Waals surface area contributed by atoms with Gasteiger partial charge in [0.05, 0.1) is 21.7 Å². The number of aromatic nitrogens is 1. The van der Waals surface area contributed by atoms with Gasteiger partial charge < -0.3 is 5.11 Å². The zero-order chi connectivity index (χ0) is 20.5. The average Bonchev–Trinajstić information content (AvgIpc) is 3.01. The van der Waals surface area contributed by atoms with Crippen LogP contribution in [0.3, 0.4) is 0 Å². The van der Waals surface area contributed by atoms with Gasteiger partial charge in [-0.3, -0.25) is 19.5 Å². The van der Waals surface area contributed by atoms with Crippen LogP contribution in [0.1, 0.15) is 17.2 Å². The van der Waals surface area contributed by atoms with Crippen molar-refractivity contribution < 1.29 is 14.7 Å². The molecule has 1 atom stereocenters. The second-order valence-electron chi connectivity index (χ2n) is 6.41. The van der Waals surface area contributed by atoms with Crippen molar-refractivity contribution in [2.24, 2.45) is 0 Å². The average molecular weight is 425 g/mol. The number of anilines is 1. The van der Waals surface area contributed by atoms with E-state index in [9.17, 15) is 14.7 Å². The standard InChI is InChI=1S/C22H14Cl2N2O3/c23-16-7-6-14(12-17(16)24)20(27)18-19(13-8-10-25-11-9-13)26(22(29)21(18)28)15-4-2-1-3-5-15/h1-12,19,27H/b20-18-. The van der Waals surface area contributed by atoms with E-state index in [1.165, 1.54) is 17.0 Å². The van der Waals surface area contributed by atoms with Crippen molar-refractivity contribution in [1.29, 1.82) is 0 Å². The molecule has 29 heavy (non-hydrogen) atoms. The first-order valence-corrected chi connectivity index (χ1v) is 9.46. The second kappa shape index (κ2) is 7.70. The quantitative estimate of drug-likeness (QED) is 0.364. The molecular formula is C22H14Cl2N2O3. The molecule has 144 valence electrons. The van der Waals surface area contributed by atoms with E-state index in [-0.39, 0.29) is 16.4 Å². The molecule has 2 heterocycles. The summed E-state index contributed by atoms with van der Waals surface area (Å²) in [7, 11) is 0. The number of hydrogen-bond acceptors (Lipinski definition) is 4. The number of para-hydroxylation sites is 1. The number of pyridine rings is 1. The maximum atomic E-state index is 13.0. The van der Waals surface area contributed by atoms with Gasteiger partial charge in [-0.15, -0.1) is 0 Å². The Morgan fingerprint density at radius 2 is 1.62 bits per heavy atom. The van der Waals surface area contributed by atoms with E-state index < -0.39 is 17.7 Å². The van der Waals surface area contributed by atoms with Crippen LogP contribution >= 0.6 is 23.2 Å². The lowest BCUT2D eigenvalue weighted by Gasteiger charge is -2.25. The Bertz CT molecular complexity index is 1130. The highest BCUT2D eigenvalue weighted by Gasteiger charge is 2.46. The summed E-state index contributed by atoms with van der Waals surface area (Å²) in [5, 5.41) is 11.5. The lowest BCUT2D eigenvalue weighted by atomic mass is 9.96. The van der Waals surface area contributed by atoms with Crippen LogP contribution in [-0.2, 0) is 9.59 Å². The van der Waals surface area contributed by atoms with Gasteiger partial charge in [0.2, 0.25) is 0 Å². The van der Waals surface area contributed by atoms with E-state index in [4.69, 9.17) is 23.2 Å². The van der Waals surface area contributed by atoms with Crippen molar-refractivity contribution >= 4 is 46.3 Å². The summed E-state index contributed by atoms with van der Waals surface area (Å²) in [5.41, 5.74) is 1.46. The molecule has 1 fully saturated rings. The smallest absolute Gasteiger partial charge is 0.300 e. The number of carbonyl (C=O) groups excluding carboxylic acids is 2. The number of Topliss-reactive ketones (excluding diaryl/α,β-unsaturated/α-hetero) is 1. The van der Waals surface area contributed by atoms with Gasteiger partial charge >= 0.3 is 0 Å². The molecule has 1 amide bonds. The number of nitrogens with zero attached hydrogens (tertiary/aromatic N) is 2. The van der Waals surface area contributed by atoms with E-state index in [2.05, 4.69) is 4.98 Å². The molecule has 1 aliphatic heterocycles. The van der Waals surface area contributed by atoms with Gasteiger partial charge in [0.15, 0.2) is 0 Å². The maximum absolute atomic E-state index is 13.0. The molecule has 0 radical (unpaired) electrons. The lowest BCUT2D eigenvalue weighted by molar-refractivity contribution is -0.132. The highest BCUT2D eigenvalue weighted by molar-refractivity contribution is 6.51. The molecule has 0 bridgehead atoms. The van der Waals surface area contributed by atoms with Crippen LogP contribution in [0, 0.1) is 0 Å². The first kappa shape index (κ1) is 19.2. The molecule has 1 unspecified atom stereocenters. The Morgan fingerprint density at radius 3 is 2.28 bits per heavy atom. The molecule has 3 aromatic rings. The number of aliphatic hydroxyl groups is 1. The van der Waals surface area contributed by atoms with Crippen LogP contribution in [0.15, 0.2) is 78.6 Å². The topological polar surface area (TPSA) is 70.5 Å². The Labute approximate surface area is 176 Å². The van der Waals surface area contributed by atoms with E-state index in [0.717, 1.165) is 0 Å². The summed E-state index contributed by atoms with van der Waals surface area (Å²) >= 11 is 12.0. The monoisotopic (exact) mass is 424 g/mol. The third-order valence-electron chi connectivity index (χ3n) is 4.69. The van der Waals surface area contributed by atoms with Crippen molar-refractivity contribution in [2.45, 2.75) is 6.04 Å². The Hall–Kier alpha value is -3.15. The zero-order valence-corrected chi connectivity index (χ0v) is 16.4. The minimum absolute atomic E-state index is 0.0246. The van der Waals surface area contributed by atoms with Gasteiger partial charge in [0, 0.05) is 23.6 Å². The van der Waals surface area contributed by atoms with E-state index in [1.54, 1.807) is 54.9 Å². The van der Waals surface area contributed by atoms with Crippen molar-refractivity contribution in [1.82, 2.24) is 4.98 Å². The summed E-state index contributed by atoms with van der Waals surface area (Å²) in [6, 6.07) is 16.0. The molecule has 2 aromatic carbocycles.